The third kappa shape index (κ3) is 3.54. The van der Waals surface area contributed by atoms with Gasteiger partial charge in [0.15, 0.2) is 11.5 Å². The largest absolute Gasteiger partial charge is 0.485 e. The molecule has 0 N–H and O–H groups in total. The van der Waals surface area contributed by atoms with E-state index in [1.165, 1.54) is 0 Å². The number of nitriles is 1. The monoisotopic (exact) mass is 363 g/mol. The van der Waals surface area contributed by atoms with Crippen LogP contribution in [0, 0.1) is 11.3 Å². The molecule has 2 aliphatic heterocycles. The molecule has 0 aromatic heterocycles. The van der Waals surface area contributed by atoms with Gasteiger partial charge in [-0.05, 0) is 30.7 Å². The summed E-state index contributed by atoms with van der Waals surface area (Å²) in [6.07, 6.45) is 0.230. The number of ether oxygens (including phenoxy) is 2. The summed E-state index contributed by atoms with van der Waals surface area (Å²) < 4.78 is 11.5. The average Bonchev–Trinajstić information content (AvgIpc) is 2.99. The standard InChI is InChI=1S/C21H21N3O3/c22-14-16-6-1-2-7-17(16)23-10-5-11-24(13-12-23)21(25)20-15-26-18-8-3-4-9-19(18)27-20/h1-4,6-9,20H,5,10-13,15H2/t20-/m1/s1. The van der Waals surface area contributed by atoms with Crippen LogP contribution in [0.3, 0.4) is 0 Å². The van der Waals surface area contributed by atoms with Gasteiger partial charge in [0.05, 0.1) is 11.3 Å². The maximum Gasteiger partial charge on any atom is 0.267 e. The van der Waals surface area contributed by atoms with Crippen molar-refractivity contribution in [1.29, 1.82) is 5.26 Å². The van der Waals surface area contributed by atoms with Crippen LogP contribution >= 0.6 is 0 Å². The van der Waals surface area contributed by atoms with Crippen molar-refractivity contribution in [2.45, 2.75) is 12.5 Å². The van der Waals surface area contributed by atoms with Crippen LogP contribution in [-0.4, -0.2) is 49.7 Å². The minimum atomic E-state index is -0.613. The first kappa shape index (κ1) is 17.2. The summed E-state index contributed by atoms with van der Waals surface area (Å²) in [7, 11) is 0. The smallest absolute Gasteiger partial charge is 0.267 e. The minimum absolute atomic E-state index is 0.0417. The maximum absolute atomic E-state index is 12.9. The summed E-state index contributed by atoms with van der Waals surface area (Å²) >= 11 is 0. The third-order valence-electron chi connectivity index (χ3n) is 4.96. The quantitative estimate of drug-likeness (QED) is 0.820. The molecule has 1 amide bonds. The lowest BCUT2D eigenvalue weighted by atomic mass is 10.1. The number of carbonyl (C=O) groups is 1. The van der Waals surface area contributed by atoms with Crippen molar-refractivity contribution in [1.82, 2.24) is 4.90 Å². The summed E-state index contributed by atoms with van der Waals surface area (Å²) in [4.78, 5) is 17.0. The van der Waals surface area contributed by atoms with Gasteiger partial charge in [-0.3, -0.25) is 4.79 Å². The molecule has 4 rings (SSSR count). The van der Waals surface area contributed by atoms with E-state index in [1.54, 1.807) is 0 Å². The molecule has 1 atom stereocenters. The van der Waals surface area contributed by atoms with Crippen molar-refractivity contribution in [3.8, 4) is 17.6 Å². The SMILES string of the molecule is N#Cc1ccccc1N1CCCN(C(=O)[C@H]2COc3ccccc3O2)CC1. The van der Waals surface area contributed by atoms with E-state index < -0.39 is 6.10 Å². The van der Waals surface area contributed by atoms with Crippen molar-refractivity contribution >= 4 is 11.6 Å². The van der Waals surface area contributed by atoms with Gasteiger partial charge in [0.2, 0.25) is 6.10 Å². The molecule has 6 nitrogen and oxygen atoms in total. The topological polar surface area (TPSA) is 65.8 Å². The molecule has 2 aromatic carbocycles. The molecule has 6 heteroatoms. The fraction of sp³-hybridized carbons (Fsp3) is 0.333. The van der Waals surface area contributed by atoms with Gasteiger partial charge in [-0.15, -0.1) is 0 Å². The Hall–Kier alpha value is -3.20. The predicted octanol–water partition coefficient (Wildman–Crippen LogP) is 2.44. The number of rotatable bonds is 2. The van der Waals surface area contributed by atoms with E-state index in [-0.39, 0.29) is 12.5 Å². The van der Waals surface area contributed by atoms with Gasteiger partial charge in [-0.25, -0.2) is 0 Å². The zero-order valence-electron chi connectivity index (χ0n) is 15.0. The van der Waals surface area contributed by atoms with Crippen molar-refractivity contribution in [2.24, 2.45) is 0 Å². The lowest BCUT2D eigenvalue weighted by Gasteiger charge is -2.30. The Bertz CT molecular complexity index is 877. The highest BCUT2D eigenvalue weighted by molar-refractivity contribution is 5.82. The number of hydrogen-bond donors (Lipinski definition) is 0. The highest BCUT2D eigenvalue weighted by Gasteiger charge is 2.32. The van der Waals surface area contributed by atoms with Crippen molar-refractivity contribution < 1.29 is 14.3 Å². The Morgan fingerprint density at radius 3 is 2.63 bits per heavy atom. The first-order chi connectivity index (χ1) is 13.3. The molecule has 138 valence electrons. The second-order valence-electron chi connectivity index (χ2n) is 6.66. The fourth-order valence-electron chi connectivity index (χ4n) is 3.57. The van der Waals surface area contributed by atoms with Crippen LogP contribution in [0.1, 0.15) is 12.0 Å². The van der Waals surface area contributed by atoms with Gasteiger partial charge in [0, 0.05) is 26.2 Å². The van der Waals surface area contributed by atoms with Crippen LogP contribution in [-0.2, 0) is 4.79 Å². The highest BCUT2D eigenvalue weighted by Crippen LogP contribution is 2.31. The van der Waals surface area contributed by atoms with Crippen LogP contribution in [0.4, 0.5) is 5.69 Å². The van der Waals surface area contributed by atoms with E-state index in [2.05, 4.69) is 11.0 Å². The molecule has 1 fully saturated rings. The van der Waals surface area contributed by atoms with Gasteiger partial charge >= 0.3 is 0 Å². The molecule has 0 spiro atoms. The van der Waals surface area contributed by atoms with Crippen LogP contribution in [0.25, 0.3) is 0 Å². The van der Waals surface area contributed by atoms with Crippen LogP contribution < -0.4 is 14.4 Å². The normalized spacial score (nSPS) is 19.1. The van der Waals surface area contributed by atoms with Crippen molar-refractivity contribution in [2.75, 3.05) is 37.7 Å². The molecule has 0 radical (unpaired) electrons. The van der Waals surface area contributed by atoms with E-state index in [0.717, 1.165) is 18.7 Å². The van der Waals surface area contributed by atoms with Crippen LogP contribution in [0.15, 0.2) is 48.5 Å². The molecule has 0 saturated carbocycles. The van der Waals surface area contributed by atoms with E-state index in [4.69, 9.17) is 9.47 Å². The Morgan fingerprint density at radius 2 is 1.78 bits per heavy atom. The lowest BCUT2D eigenvalue weighted by Crippen LogP contribution is -2.47. The molecule has 2 aromatic rings. The zero-order valence-corrected chi connectivity index (χ0v) is 15.0. The Kier molecular flexibility index (Phi) is 4.84. The zero-order chi connectivity index (χ0) is 18.6. The second-order valence-corrected chi connectivity index (χ2v) is 6.66. The molecule has 2 aliphatic rings. The molecule has 1 saturated heterocycles. The number of amides is 1. The number of anilines is 1. The number of nitrogens with zero attached hydrogens (tertiary/aromatic N) is 3. The second kappa shape index (κ2) is 7.58. The number of para-hydroxylation sites is 3. The fourth-order valence-corrected chi connectivity index (χ4v) is 3.57. The van der Waals surface area contributed by atoms with Gasteiger partial charge in [0.25, 0.3) is 5.91 Å². The number of fused-ring (bicyclic) bond motifs is 1. The number of carbonyl (C=O) groups excluding carboxylic acids is 1. The Morgan fingerprint density at radius 1 is 1.00 bits per heavy atom. The summed E-state index contributed by atoms with van der Waals surface area (Å²) in [6, 6.07) is 17.3. The summed E-state index contributed by atoms with van der Waals surface area (Å²) in [5.74, 6) is 1.25. The molecule has 0 unspecified atom stereocenters. The summed E-state index contributed by atoms with van der Waals surface area (Å²) in [5.41, 5.74) is 1.60. The molecular formula is C21H21N3O3. The average molecular weight is 363 g/mol. The van der Waals surface area contributed by atoms with E-state index in [0.29, 0.717) is 36.7 Å². The van der Waals surface area contributed by atoms with Crippen LogP contribution in [0.5, 0.6) is 11.5 Å². The van der Waals surface area contributed by atoms with Crippen LogP contribution in [0.2, 0.25) is 0 Å². The molecule has 2 heterocycles. The predicted molar refractivity (Wildman–Crippen MR) is 101 cm³/mol. The molecule has 0 bridgehead atoms. The van der Waals surface area contributed by atoms with E-state index in [9.17, 15) is 10.1 Å². The summed E-state index contributed by atoms with van der Waals surface area (Å²) in [5, 5.41) is 9.34. The molecular weight excluding hydrogens is 342 g/mol. The van der Waals surface area contributed by atoms with Gasteiger partial charge in [0.1, 0.15) is 12.7 Å². The maximum atomic E-state index is 12.9. The third-order valence-corrected chi connectivity index (χ3v) is 4.96. The van der Waals surface area contributed by atoms with E-state index in [1.807, 2.05) is 53.4 Å². The lowest BCUT2D eigenvalue weighted by molar-refractivity contribution is -0.141. The minimum Gasteiger partial charge on any atom is -0.485 e. The highest BCUT2D eigenvalue weighted by atomic mass is 16.6. The first-order valence-corrected chi connectivity index (χ1v) is 9.17. The Balaban J connectivity index is 1.43. The summed E-state index contributed by atoms with van der Waals surface area (Å²) in [6.45, 7) is 3.00. The van der Waals surface area contributed by atoms with Gasteiger partial charge in [-0.2, -0.15) is 5.26 Å². The van der Waals surface area contributed by atoms with Gasteiger partial charge < -0.3 is 19.3 Å². The van der Waals surface area contributed by atoms with Crippen molar-refractivity contribution in [3.05, 3.63) is 54.1 Å². The van der Waals surface area contributed by atoms with Crippen molar-refractivity contribution in [3.63, 3.8) is 0 Å². The number of hydrogen-bond acceptors (Lipinski definition) is 5. The Labute approximate surface area is 158 Å². The molecule has 0 aliphatic carbocycles. The van der Waals surface area contributed by atoms with E-state index >= 15 is 0 Å². The van der Waals surface area contributed by atoms with Gasteiger partial charge in [-0.1, -0.05) is 24.3 Å². The molecule has 27 heavy (non-hydrogen) atoms. The first-order valence-electron chi connectivity index (χ1n) is 9.17. The number of benzene rings is 2.